The van der Waals surface area contributed by atoms with E-state index in [0.717, 1.165) is 0 Å². The number of anilines is 2. The highest BCUT2D eigenvalue weighted by Gasteiger charge is 2.20. The molecule has 3 amide bonds. The summed E-state index contributed by atoms with van der Waals surface area (Å²) in [5.41, 5.74) is 0.509. The van der Waals surface area contributed by atoms with E-state index >= 15 is 0 Å². The van der Waals surface area contributed by atoms with Crippen molar-refractivity contribution >= 4 is 45.9 Å². The second-order valence-electron chi connectivity index (χ2n) is 6.32. The maximum Gasteiger partial charge on any atom is 0.325 e. The van der Waals surface area contributed by atoms with Gasteiger partial charge in [-0.2, -0.15) is 0 Å². The van der Waals surface area contributed by atoms with E-state index in [2.05, 4.69) is 26.1 Å². The van der Waals surface area contributed by atoms with Gasteiger partial charge in [0.05, 0.1) is 5.25 Å². The first-order valence-electron chi connectivity index (χ1n) is 7.68. The molecule has 2 rings (SSSR count). The lowest BCUT2D eigenvalue weighted by molar-refractivity contribution is -0.119. The van der Waals surface area contributed by atoms with Gasteiger partial charge in [0.15, 0.2) is 4.34 Å². The van der Waals surface area contributed by atoms with Gasteiger partial charge in [0.1, 0.15) is 0 Å². The van der Waals surface area contributed by atoms with Crippen molar-refractivity contribution in [3.05, 3.63) is 30.3 Å². The number of hydrogen-bond acceptors (Lipinski definition) is 7. The number of carbonyl (C=O) groups is 2. The van der Waals surface area contributed by atoms with Gasteiger partial charge in [0.2, 0.25) is 11.0 Å². The summed E-state index contributed by atoms with van der Waals surface area (Å²) in [6.07, 6.45) is 0. The van der Waals surface area contributed by atoms with Gasteiger partial charge in [-0.05, 0) is 39.8 Å². The summed E-state index contributed by atoms with van der Waals surface area (Å²) < 4.78 is 0.665. The fourth-order valence-electron chi connectivity index (χ4n) is 1.73. The number of amides is 3. The molecular weight excluding hydrogens is 358 g/mol. The predicted molar refractivity (Wildman–Crippen MR) is 102 cm³/mol. The van der Waals surface area contributed by atoms with Gasteiger partial charge < -0.3 is 10.6 Å². The van der Waals surface area contributed by atoms with Gasteiger partial charge in [-0.1, -0.05) is 41.3 Å². The maximum atomic E-state index is 12.1. The average molecular weight is 380 g/mol. The van der Waals surface area contributed by atoms with Gasteiger partial charge >= 0.3 is 6.03 Å². The Labute approximate surface area is 155 Å². The van der Waals surface area contributed by atoms with Crippen LogP contribution in [0.4, 0.5) is 15.6 Å². The molecule has 0 bridgehead atoms. The predicted octanol–water partition coefficient (Wildman–Crippen LogP) is 3.58. The third-order valence-corrected chi connectivity index (χ3v) is 4.83. The third-order valence-electron chi connectivity index (χ3n) is 2.80. The number of urea groups is 1. The van der Waals surface area contributed by atoms with Crippen LogP contribution in [0.25, 0.3) is 0 Å². The molecule has 7 nitrogen and oxygen atoms in total. The van der Waals surface area contributed by atoms with Crippen LogP contribution in [-0.4, -0.2) is 32.9 Å². The van der Waals surface area contributed by atoms with E-state index in [0.29, 0.717) is 15.2 Å². The van der Waals surface area contributed by atoms with Gasteiger partial charge in [-0.3, -0.25) is 10.1 Å². The number of imide groups is 1. The average Bonchev–Trinajstić information content (AvgIpc) is 2.92. The first kappa shape index (κ1) is 19.2. The maximum absolute atomic E-state index is 12.1. The van der Waals surface area contributed by atoms with E-state index in [1.807, 2.05) is 26.8 Å². The first-order valence-corrected chi connectivity index (χ1v) is 9.38. The van der Waals surface area contributed by atoms with Gasteiger partial charge in [-0.25, -0.2) is 4.79 Å². The summed E-state index contributed by atoms with van der Waals surface area (Å²) in [4.78, 5) is 24.0. The summed E-state index contributed by atoms with van der Waals surface area (Å²) in [6.45, 7) is 7.81. The van der Waals surface area contributed by atoms with E-state index in [1.165, 1.54) is 23.1 Å². The van der Waals surface area contributed by atoms with Crippen LogP contribution in [0.5, 0.6) is 0 Å². The zero-order valence-electron chi connectivity index (χ0n) is 14.5. The zero-order chi connectivity index (χ0) is 18.4. The molecule has 1 unspecified atom stereocenters. The van der Waals surface area contributed by atoms with Crippen molar-refractivity contribution in [2.24, 2.45) is 0 Å². The Morgan fingerprint density at radius 2 is 1.84 bits per heavy atom. The smallest absolute Gasteiger partial charge is 0.325 e. The van der Waals surface area contributed by atoms with Crippen molar-refractivity contribution in [1.82, 2.24) is 15.5 Å². The van der Waals surface area contributed by atoms with Crippen LogP contribution in [0.2, 0.25) is 0 Å². The normalized spacial score (nSPS) is 12.3. The van der Waals surface area contributed by atoms with E-state index in [4.69, 9.17) is 0 Å². The van der Waals surface area contributed by atoms with Crippen molar-refractivity contribution in [1.29, 1.82) is 0 Å². The quantitative estimate of drug-likeness (QED) is 0.687. The Hall–Kier alpha value is -2.13. The summed E-state index contributed by atoms with van der Waals surface area (Å²) in [5, 5.41) is 16.5. The molecule has 1 aromatic heterocycles. The van der Waals surface area contributed by atoms with Crippen molar-refractivity contribution in [2.75, 3.05) is 10.6 Å². The molecule has 134 valence electrons. The number of thioether (sulfide) groups is 1. The number of benzene rings is 1. The van der Waals surface area contributed by atoms with E-state index in [1.54, 1.807) is 31.2 Å². The van der Waals surface area contributed by atoms with Gasteiger partial charge in [0.25, 0.3) is 0 Å². The Bertz CT molecular complexity index is 728. The molecule has 25 heavy (non-hydrogen) atoms. The molecule has 1 atom stereocenters. The van der Waals surface area contributed by atoms with Crippen LogP contribution in [0, 0.1) is 0 Å². The summed E-state index contributed by atoms with van der Waals surface area (Å²) in [6, 6.07) is 8.37. The minimum atomic E-state index is -0.559. The highest BCUT2D eigenvalue weighted by atomic mass is 32.2. The molecular formula is C16H21N5O2S2. The van der Waals surface area contributed by atoms with Crippen LogP contribution in [0.15, 0.2) is 34.7 Å². The number of para-hydroxylation sites is 1. The number of nitrogens with zero attached hydrogens (tertiary/aromatic N) is 2. The lowest BCUT2D eigenvalue weighted by Crippen LogP contribution is -2.38. The molecule has 0 saturated heterocycles. The Morgan fingerprint density at radius 3 is 2.48 bits per heavy atom. The standard InChI is InChI=1S/C16H21N5O2S2/c1-10(24-15-21-20-14(25-15)19-16(2,3)4)12(22)18-13(23)17-11-8-6-5-7-9-11/h5-10H,1-4H3,(H,19,20)(H2,17,18,22,23). The Kier molecular flexibility index (Phi) is 6.38. The van der Waals surface area contributed by atoms with Gasteiger partial charge in [-0.15, -0.1) is 10.2 Å². The molecule has 0 aliphatic carbocycles. The number of rotatable bonds is 5. The second-order valence-corrected chi connectivity index (χ2v) is 8.88. The minimum Gasteiger partial charge on any atom is -0.355 e. The monoisotopic (exact) mass is 379 g/mol. The van der Waals surface area contributed by atoms with Crippen molar-refractivity contribution in [3.63, 3.8) is 0 Å². The topological polar surface area (TPSA) is 96.0 Å². The van der Waals surface area contributed by atoms with E-state index in [9.17, 15) is 9.59 Å². The lowest BCUT2D eigenvalue weighted by Gasteiger charge is -2.18. The highest BCUT2D eigenvalue weighted by molar-refractivity contribution is 8.02. The van der Waals surface area contributed by atoms with Crippen LogP contribution >= 0.6 is 23.1 Å². The van der Waals surface area contributed by atoms with E-state index in [-0.39, 0.29) is 11.4 Å². The van der Waals surface area contributed by atoms with Gasteiger partial charge in [0, 0.05) is 11.2 Å². The second kappa shape index (κ2) is 8.30. The molecule has 9 heteroatoms. The summed E-state index contributed by atoms with van der Waals surface area (Å²) >= 11 is 2.64. The molecule has 0 radical (unpaired) electrons. The Morgan fingerprint density at radius 1 is 1.16 bits per heavy atom. The molecule has 0 spiro atoms. The summed E-state index contributed by atoms with van der Waals surface area (Å²) in [5.74, 6) is -0.390. The fraction of sp³-hybridized carbons (Fsp3) is 0.375. The number of nitrogens with one attached hydrogen (secondary N) is 3. The molecule has 1 aromatic carbocycles. The van der Waals surface area contributed by atoms with Crippen LogP contribution in [0.3, 0.4) is 0 Å². The Balaban J connectivity index is 1.84. The number of carbonyl (C=O) groups excluding carboxylic acids is 2. The molecule has 1 heterocycles. The van der Waals surface area contributed by atoms with Crippen LogP contribution in [0.1, 0.15) is 27.7 Å². The highest BCUT2D eigenvalue weighted by Crippen LogP contribution is 2.30. The van der Waals surface area contributed by atoms with Crippen molar-refractivity contribution in [3.8, 4) is 0 Å². The lowest BCUT2D eigenvalue weighted by atomic mass is 10.1. The fourth-order valence-corrected chi connectivity index (χ4v) is 3.84. The summed E-state index contributed by atoms with van der Waals surface area (Å²) in [7, 11) is 0. The molecule has 0 saturated carbocycles. The first-order chi connectivity index (χ1) is 11.7. The molecule has 0 fully saturated rings. The molecule has 3 N–H and O–H groups in total. The molecule has 0 aliphatic rings. The molecule has 0 aliphatic heterocycles. The minimum absolute atomic E-state index is 0.111. The SMILES string of the molecule is CC(Sc1nnc(NC(C)(C)C)s1)C(=O)NC(=O)Nc1ccccc1. The van der Waals surface area contributed by atoms with Crippen LogP contribution in [-0.2, 0) is 4.79 Å². The largest absolute Gasteiger partial charge is 0.355 e. The number of hydrogen-bond donors (Lipinski definition) is 3. The third kappa shape index (κ3) is 6.71. The van der Waals surface area contributed by atoms with E-state index < -0.39 is 11.3 Å². The molecule has 2 aromatic rings. The zero-order valence-corrected chi connectivity index (χ0v) is 16.1. The van der Waals surface area contributed by atoms with Crippen LogP contribution < -0.4 is 16.0 Å². The van der Waals surface area contributed by atoms with Crippen molar-refractivity contribution < 1.29 is 9.59 Å². The number of aromatic nitrogens is 2. The van der Waals surface area contributed by atoms with Crippen molar-refractivity contribution in [2.45, 2.75) is 42.8 Å².